The van der Waals surface area contributed by atoms with Crippen molar-refractivity contribution in [3.8, 4) is 5.75 Å². The van der Waals surface area contributed by atoms with Crippen LogP contribution < -0.4 is 4.74 Å². The number of nitrogens with zero attached hydrogens (tertiary/aromatic N) is 2. The number of para-hydroxylation sites is 1. The smallest absolute Gasteiger partial charge is 0.122 e. The van der Waals surface area contributed by atoms with Gasteiger partial charge in [-0.15, -0.1) is 0 Å². The lowest BCUT2D eigenvalue weighted by Gasteiger charge is -2.27. The third-order valence-corrected chi connectivity index (χ3v) is 3.40. The molecule has 96 valence electrons. The zero-order valence-corrected chi connectivity index (χ0v) is 11.4. The molecular formula is C14H17ClN2O. The summed E-state index contributed by atoms with van der Waals surface area (Å²) in [6.07, 6.45) is 3.56. The third kappa shape index (κ3) is 2.85. The summed E-state index contributed by atoms with van der Waals surface area (Å²) in [6.45, 7) is 3.61. The Morgan fingerprint density at radius 3 is 2.94 bits per heavy atom. The predicted molar refractivity (Wildman–Crippen MR) is 75.4 cm³/mol. The van der Waals surface area contributed by atoms with Crippen LogP contribution in [0.2, 0.25) is 0 Å². The fourth-order valence-corrected chi connectivity index (χ4v) is 2.26. The Hall–Kier alpha value is -1.48. The van der Waals surface area contributed by atoms with E-state index in [2.05, 4.69) is 22.9 Å². The first-order valence-electron chi connectivity index (χ1n) is 5.96. The summed E-state index contributed by atoms with van der Waals surface area (Å²) in [5, 5.41) is 0.742. The molecule has 0 fully saturated rings. The number of halogens is 1. The first-order valence-corrected chi connectivity index (χ1v) is 6.33. The monoisotopic (exact) mass is 264 g/mol. The summed E-state index contributed by atoms with van der Waals surface area (Å²) in [7, 11) is 1.70. The Labute approximate surface area is 113 Å². The van der Waals surface area contributed by atoms with Crippen LogP contribution in [0.4, 0.5) is 0 Å². The lowest BCUT2D eigenvalue weighted by atomic mass is 9.99. The summed E-state index contributed by atoms with van der Waals surface area (Å²) in [5.41, 5.74) is 1.19. The second-order valence-corrected chi connectivity index (χ2v) is 4.72. The zero-order chi connectivity index (χ0) is 13.0. The molecule has 1 atom stereocenters. The summed E-state index contributed by atoms with van der Waals surface area (Å²) >= 11 is 6.15. The molecule has 0 bridgehead atoms. The highest BCUT2D eigenvalue weighted by molar-refractivity contribution is 6.30. The van der Waals surface area contributed by atoms with Crippen molar-refractivity contribution in [2.45, 2.75) is 12.8 Å². The van der Waals surface area contributed by atoms with E-state index in [1.807, 2.05) is 24.3 Å². The van der Waals surface area contributed by atoms with Crippen LogP contribution in [0.1, 0.15) is 18.4 Å². The maximum absolute atomic E-state index is 6.15. The maximum atomic E-state index is 6.15. The molecule has 3 nitrogen and oxygen atoms in total. The van der Waals surface area contributed by atoms with Crippen molar-refractivity contribution in [1.29, 1.82) is 0 Å². The largest absolute Gasteiger partial charge is 0.496 e. The number of benzene rings is 1. The molecule has 1 aliphatic heterocycles. The predicted octanol–water partition coefficient (Wildman–Crippen LogP) is 3.22. The minimum Gasteiger partial charge on any atom is -0.496 e. The highest BCUT2D eigenvalue weighted by atomic mass is 35.5. The summed E-state index contributed by atoms with van der Waals surface area (Å²) in [6, 6.07) is 8.08. The number of allylic oxidation sites excluding steroid dienone is 1. The highest BCUT2D eigenvalue weighted by Gasteiger charge is 2.17. The van der Waals surface area contributed by atoms with Crippen LogP contribution in [-0.2, 0) is 0 Å². The van der Waals surface area contributed by atoms with Crippen molar-refractivity contribution in [2.24, 2.45) is 4.99 Å². The van der Waals surface area contributed by atoms with Gasteiger partial charge < -0.3 is 9.64 Å². The quantitative estimate of drug-likeness (QED) is 0.780. The van der Waals surface area contributed by atoms with E-state index >= 15 is 0 Å². The van der Waals surface area contributed by atoms with Crippen LogP contribution in [0.3, 0.4) is 0 Å². The second-order valence-electron chi connectivity index (χ2n) is 4.33. The molecule has 1 aromatic carbocycles. The van der Waals surface area contributed by atoms with Crippen molar-refractivity contribution >= 4 is 17.8 Å². The van der Waals surface area contributed by atoms with Crippen LogP contribution in [0.25, 0.3) is 0 Å². The molecule has 0 aliphatic carbocycles. The number of ether oxygens (including phenoxy) is 1. The topological polar surface area (TPSA) is 24.8 Å². The Balaban J connectivity index is 2.10. The van der Waals surface area contributed by atoms with Gasteiger partial charge in [0.25, 0.3) is 0 Å². The van der Waals surface area contributed by atoms with Crippen molar-refractivity contribution in [2.75, 3.05) is 20.3 Å². The molecule has 18 heavy (non-hydrogen) atoms. The molecule has 0 amide bonds. The third-order valence-electron chi connectivity index (χ3n) is 3.04. The highest BCUT2D eigenvalue weighted by Crippen LogP contribution is 2.28. The molecule has 0 saturated carbocycles. The van der Waals surface area contributed by atoms with Crippen molar-refractivity contribution < 1.29 is 4.74 Å². The van der Waals surface area contributed by atoms with Crippen LogP contribution >= 0.6 is 11.6 Å². The van der Waals surface area contributed by atoms with E-state index in [0.717, 1.165) is 17.5 Å². The molecular weight excluding hydrogens is 248 g/mol. The Kier molecular flexibility index (Phi) is 4.26. The van der Waals surface area contributed by atoms with Gasteiger partial charge in [-0.3, -0.25) is 4.99 Å². The minimum atomic E-state index is 0.330. The van der Waals surface area contributed by atoms with E-state index in [4.69, 9.17) is 16.3 Å². The molecule has 1 heterocycles. The van der Waals surface area contributed by atoms with E-state index in [1.54, 1.807) is 13.3 Å². The van der Waals surface area contributed by atoms with Gasteiger partial charge in [0.15, 0.2) is 0 Å². The van der Waals surface area contributed by atoms with Gasteiger partial charge in [0.2, 0.25) is 0 Å². The molecule has 0 aromatic heterocycles. The Morgan fingerprint density at radius 2 is 2.22 bits per heavy atom. The molecule has 1 aromatic rings. The number of rotatable bonds is 4. The van der Waals surface area contributed by atoms with E-state index in [1.165, 1.54) is 5.56 Å². The zero-order valence-electron chi connectivity index (χ0n) is 10.6. The fraction of sp³-hybridized carbons (Fsp3) is 0.357. The van der Waals surface area contributed by atoms with Gasteiger partial charge in [-0.05, 0) is 17.7 Å². The second kappa shape index (κ2) is 5.91. The van der Waals surface area contributed by atoms with Gasteiger partial charge >= 0.3 is 0 Å². The van der Waals surface area contributed by atoms with Gasteiger partial charge in [-0.2, -0.15) is 0 Å². The van der Waals surface area contributed by atoms with Crippen LogP contribution in [0, 0.1) is 0 Å². The molecule has 0 spiro atoms. The molecule has 0 N–H and O–H groups in total. The van der Waals surface area contributed by atoms with E-state index in [9.17, 15) is 0 Å². The van der Waals surface area contributed by atoms with Gasteiger partial charge in [0.1, 0.15) is 17.6 Å². The van der Waals surface area contributed by atoms with E-state index < -0.39 is 0 Å². The summed E-state index contributed by atoms with van der Waals surface area (Å²) in [5.74, 6) is 1.25. The summed E-state index contributed by atoms with van der Waals surface area (Å²) in [4.78, 5) is 6.26. The van der Waals surface area contributed by atoms with Gasteiger partial charge in [0, 0.05) is 18.7 Å². The van der Waals surface area contributed by atoms with E-state index in [0.29, 0.717) is 12.6 Å². The lowest BCUT2D eigenvalue weighted by molar-refractivity contribution is 0.345. The molecule has 4 heteroatoms. The van der Waals surface area contributed by atoms with Crippen molar-refractivity contribution in [1.82, 2.24) is 4.90 Å². The molecule has 1 unspecified atom stereocenters. The summed E-state index contributed by atoms with van der Waals surface area (Å²) < 4.78 is 5.39. The Bertz CT molecular complexity index is 471. The van der Waals surface area contributed by atoms with Gasteiger partial charge in [-0.25, -0.2) is 0 Å². The molecule has 0 saturated heterocycles. The molecule has 2 rings (SSSR count). The van der Waals surface area contributed by atoms with Crippen molar-refractivity contribution in [3.63, 3.8) is 0 Å². The SMILES string of the molecule is COc1ccccc1C(C)CN1CN=CC=C1Cl. The lowest BCUT2D eigenvalue weighted by Crippen LogP contribution is -2.27. The first-order chi connectivity index (χ1) is 8.72. The van der Waals surface area contributed by atoms with Gasteiger partial charge in [-0.1, -0.05) is 36.7 Å². The van der Waals surface area contributed by atoms with Crippen LogP contribution in [0.15, 0.2) is 40.5 Å². The number of hydrogen-bond acceptors (Lipinski definition) is 3. The normalized spacial score (nSPS) is 16.4. The standard InChI is InChI=1S/C14H17ClN2O/c1-11(9-17-10-16-8-7-14(17)15)12-5-3-4-6-13(12)18-2/h3-8,11H,9-10H2,1-2H3. The Morgan fingerprint density at radius 1 is 1.44 bits per heavy atom. The van der Waals surface area contributed by atoms with Gasteiger partial charge in [0.05, 0.1) is 7.11 Å². The first kappa shape index (κ1) is 13.0. The fourth-order valence-electron chi connectivity index (χ4n) is 2.08. The minimum absolute atomic E-state index is 0.330. The molecule has 0 radical (unpaired) electrons. The molecule has 1 aliphatic rings. The maximum Gasteiger partial charge on any atom is 0.122 e. The van der Waals surface area contributed by atoms with Crippen LogP contribution in [-0.4, -0.2) is 31.4 Å². The average Bonchev–Trinajstić information content (AvgIpc) is 2.41. The number of aliphatic imine (C=N–C) groups is 1. The van der Waals surface area contributed by atoms with Crippen LogP contribution in [0.5, 0.6) is 5.75 Å². The van der Waals surface area contributed by atoms with E-state index in [-0.39, 0.29) is 0 Å². The van der Waals surface area contributed by atoms with Crippen molar-refractivity contribution in [3.05, 3.63) is 41.1 Å². The number of hydrogen-bond donors (Lipinski definition) is 0. The average molecular weight is 265 g/mol. The number of methoxy groups -OCH3 is 1.